The first kappa shape index (κ1) is 31.4. The third-order valence-corrected chi connectivity index (χ3v) is 7.34. The highest BCUT2D eigenvalue weighted by Crippen LogP contribution is 2.38. The van der Waals surface area contributed by atoms with Crippen LogP contribution in [0.15, 0.2) is 60.7 Å². The second-order valence-electron chi connectivity index (χ2n) is 12.6. The zero-order valence-corrected chi connectivity index (χ0v) is 26.3. The largest absolute Gasteiger partial charge is 0.462 e. The molecule has 0 saturated carbocycles. The van der Waals surface area contributed by atoms with Gasteiger partial charge in [0.15, 0.2) is 0 Å². The number of anilines is 1. The number of hydrogen-bond donors (Lipinski definition) is 1. The molecule has 1 N–H and O–H groups in total. The van der Waals surface area contributed by atoms with Gasteiger partial charge in [-0.3, -0.25) is 0 Å². The molecule has 4 nitrogen and oxygen atoms in total. The second-order valence-corrected chi connectivity index (χ2v) is 12.6. The molecule has 0 aliphatic carbocycles. The summed E-state index contributed by atoms with van der Waals surface area (Å²) in [5.41, 5.74) is 9.53. The van der Waals surface area contributed by atoms with Gasteiger partial charge < -0.3 is 15.0 Å². The zero-order valence-electron chi connectivity index (χ0n) is 26.3. The minimum atomic E-state index is -0.281. The summed E-state index contributed by atoms with van der Waals surface area (Å²) in [5, 5.41) is 3.63. The monoisotopic (exact) mass is 542 g/mol. The quantitative estimate of drug-likeness (QED) is 0.194. The van der Waals surface area contributed by atoms with Gasteiger partial charge in [0.05, 0.1) is 12.2 Å². The van der Waals surface area contributed by atoms with Crippen LogP contribution in [0.3, 0.4) is 0 Å². The van der Waals surface area contributed by atoms with Crippen LogP contribution in [0.5, 0.6) is 0 Å². The average Bonchev–Trinajstić information content (AvgIpc) is 2.91. The zero-order chi connectivity index (χ0) is 29.5. The molecule has 0 bridgehead atoms. The molecule has 0 saturated heterocycles. The Hall–Kier alpha value is -3.11. The van der Waals surface area contributed by atoms with Crippen molar-refractivity contribution in [2.24, 2.45) is 0 Å². The van der Waals surface area contributed by atoms with E-state index < -0.39 is 0 Å². The summed E-state index contributed by atoms with van der Waals surface area (Å²) in [6, 6.07) is 21.6. The number of nitrogens with zero attached hydrogens (tertiary/aromatic N) is 1. The van der Waals surface area contributed by atoms with Crippen LogP contribution in [0, 0.1) is 0 Å². The van der Waals surface area contributed by atoms with E-state index in [4.69, 9.17) is 4.74 Å². The van der Waals surface area contributed by atoms with Gasteiger partial charge in [-0.05, 0) is 130 Å². The maximum Gasteiger partial charge on any atom is 0.338 e. The maximum atomic E-state index is 12.2. The van der Waals surface area contributed by atoms with Gasteiger partial charge in [-0.25, -0.2) is 4.79 Å². The van der Waals surface area contributed by atoms with Gasteiger partial charge in [-0.2, -0.15) is 0 Å². The smallest absolute Gasteiger partial charge is 0.338 e. The number of nitrogens with one attached hydrogen (secondary N) is 1. The molecule has 0 aliphatic rings. The molecule has 3 aromatic carbocycles. The van der Waals surface area contributed by atoms with Crippen molar-refractivity contribution in [1.29, 1.82) is 0 Å². The van der Waals surface area contributed by atoms with Crippen molar-refractivity contribution in [1.82, 2.24) is 5.32 Å². The Morgan fingerprint density at radius 1 is 0.800 bits per heavy atom. The van der Waals surface area contributed by atoms with Gasteiger partial charge in [0.25, 0.3) is 0 Å². The summed E-state index contributed by atoms with van der Waals surface area (Å²) in [4.78, 5) is 14.6. The lowest BCUT2D eigenvalue weighted by molar-refractivity contribution is 0.0526. The number of benzene rings is 3. The number of esters is 1. The fourth-order valence-electron chi connectivity index (χ4n) is 5.14. The Balaban J connectivity index is 2.07. The standard InChI is InChI=1S/C36H50N2O2/c1-10-38(11-2)33-22-21-30(25-32(33)35(4,5)6)31-24-29(20-17-27(31)14-13-23-37-36(7,8)9)26-15-18-28(19-16-26)34(39)40-12-3/h15-22,24-25,37H,10-14,23H2,1-9H3. The fraction of sp³-hybridized carbons (Fsp3) is 0.472. The van der Waals surface area contributed by atoms with Crippen molar-refractivity contribution < 1.29 is 9.53 Å². The van der Waals surface area contributed by atoms with E-state index in [0.29, 0.717) is 12.2 Å². The summed E-state index contributed by atoms with van der Waals surface area (Å²) in [6.07, 6.45) is 2.07. The molecule has 0 aliphatic heterocycles. The molecule has 3 aromatic rings. The highest BCUT2D eigenvalue weighted by molar-refractivity contribution is 5.90. The van der Waals surface area contributed by atoms with E-state index >= 15 is 0 Å². The van der Waals surface area contributed by atoms with Crippen LogP contribution >= 0.6 is 0 Å². The van der Waals surface area contributed by atoms with E-state index in [9.17, 15) is 4.79 Å². The number of aryl methyl sites for hydroxylation is 1. The minimum Gasteiger partial charge on any atom is -0.462 e. The van der Waals surface area contributed by atoms with E-state index in [-0.39, 0.29) is 16.9 Å². The summed E-state index contributed by atoms with van der Waals surface area (Å²) in [6.45, 7) is 23.2. The van der Waals surface area contributed by atoms with Gasteiger partial charge >= 0.3 is 5.97 Å². The summed E-state index contributed by atoms with van der Waals surface area (Å²) in [7, 11) is 0. The molecule has 0 fully saturated rings. The third kappa shape index (κ3) is 8.20. The highest BCUT2D eigenvalue weighted by Gasteiger charge is 2.22. The van der Waals surface area contributed by atoms with Crippen LogP contribution in [0.25, 0.3) is 22.3 Å². The van der Waals surface area contributed by atoms with Gasteiger partial charge in [-0.15, -0.1) is 0 Å². The highest BCUT2D eigenvalue weighted by atomic mass is 16.5. The van der Waals surface area contributed by atoms with Gasteiger partial charge in [-0.1, -0.05) is 51.1 Å². The molecule has 0 radical (unpaired) electrons. The number of carbonyl (C=O) groups excluding carboxylic acids is 1. The van der Waals surface area contributed by atoms with Crippen molar-refractivity contribution >= 4 is 11.7 Å². The molecular formula is C36H50N2O2. The van der Waals surface area contributed by atoms with Crippen molar-refractivity contribution in [2.75, 3.05) is 31.1 Å². The SMILES string of the molecule is CCOC(=O)c1ccc(-c2ccc(CCCNC(C)(C)C)c(-c3ccc(N(CC)CC)c(C(C)(C)C)c3)c2)cc1. The van der Waals surface area contributed by atoms with Crippen molar-refractivity contribution in [3.05, 3.63) is 77.4 Å². The molecule has 0 atom stereocenters. The Kier molecular flexibility index (Phi) is 10.6. The van der Waals surface area contributed by atoms with E-state index in [1.165, 1.54) is 27.9 Å². The Morgan fingerprint density at radius 2 is 1.43 bits per heavy atom. The molecule has 216 valence electrons. The van der Waals surface area contributed by atoms with Gasteiger partial charge in [0, 0.05) is 24.3 Å². The molecule has 0 unspecified atom stereocenters. The van der Waals surface area contributed by atoms with Crippen molar-refractivity contribution in [2.45, 2.75) is 86.1 Å². The number of hydrogen-bond acceptors (Lipinski definition) is 4. The maximum absolute atomic E-state index is 12.2. The molecule has 3 rings (SSSR count). The first-order chi connectivity index (χ1) is 18.9. The third-order valence-electron chi connectivity index (χ3n) is 7.34. The molecule has 0 heterocycles. The van der Waals surface area contributed by atoms with Crippen LogP contribution in [0.2, 0.25) is 0 Å². The molecule has 40 heavy (non-hydrogen) atoms. The van der Waals surface area contributed by atoms with E-state index in [2.05, 4.69) is 102 Å². The average molecular weight is 543 g/mol. The molecule has 4 heteroatoms. The van der Waals surface area contributed by atoms with Gasteiger partial charge in [0.1, 0.15) is 0 Å². The Morgan fingerprint density at radius 3 is 2.00 bits per heavy atom. The van der Waals surface area contributed by atoms with Crippen LogP contribution in [-0.4, -0.2) is 37.7 Å². The molecule has 0 spiro atoms. The van der Waals surface area contributed by atoms with Crippen molar-refractivity contribution in [3.63, 3.8) is 0 Å². The number of ether oxygens (including phenoxy) is 1. The van der Waals surface area contributed by atoms with Crippen LogP contribution in [0.1, 0.15) is 90.2 Å². The normalized spacial score (nSPS) is 11.9. The Bertz CT molecular complexity index is 1260. The predicted octanol–water partition coefficient (Wildman–Crippen LogP) is 8.66. The summed E-state index contributed by atoms with van der Waals surface area (Å²) < 4.78 is 5.17. The lowest BCUT2D eigenvalue weighted by Crippen LogP contribution is -2.36. The summed E-state index contributed by atoms with van der Waals surface area (Å²) in [5.74, 6) is -0.281. The first-order valence-electron chi connectivity index (χ1n) is 14.9. The van der Waals surface area contributed by atoms with Crippen molar-refractivity contribution in [3.8, 4) is 22.3 Å². The van der Waals surface area contributed by atoms with Crippen LogP contribution in [0.4, 0.5) is 5.69 Å². The lowest BCUT2D eigenvalue weighted by Gasteiger charge is -2.31. The van der Waals surface area contributed by atoms with Crippen LogP contribution in [-0.2, 0) is 16.6 Å². The molecule has 0 aromatic heterocycles. The predicted molar refractivity (Wildman–Crippen MR) is 172 cm³/mol. The second kappa shape index (κ2) is 13.5. The van der Waals surface area contributed by atoms with E-state index in [0.717, 1.165) is 43.6 Å². The molecule has 0 amide bonds. The minimum absolute atomic E-state index is 0.0191. The fourth-order valence-corrected chi connectivity index (χ4v) is 5.14. The topological polar surface area (TPSA) is 41.6 Å². The lowest BCUT2D eigenvalue weighted by atomic mass is 9.82. The van der Waals surface area contributed by atoms with Gasteiger partial charge in [0.2, 0.25) is 0 Å². The molecular weight excluding hydrogens is 492 g/mol. The Labute approximate surface area is 243 Å². The van der Waals surface area contributed by atoms with E-state index in [1.807, 2.05) is 31.2 Å². The summed E-state index contributed by atoms with van der Waals surface area (Å²) >= 11 is 0. The number of carbonyl (C=O) groups is 1. The van der Waals surface area contributed by atoms with E-state index in [1.54, 1.807) is 0 Å². The first-order valence-corrected chi connectivity index (χ1v) is 14.9. The van der Waals surface area contributed by atoms with Crippen LogP contribution < -0.4 is 10.2 Å². The number of rotatable bonds is 11.